The lowest BCUT2D eigenvalue weighted by Gasteiger charge is -2.20. The molecular weight excluding hydrogens is 935 g/mol. The summed E-state index contributed by atoms with van der Waals surface area (Å²) in [7, 11) is 0. The third kappa shape index (κ3) is 14.6. The Balaban J connectivity index is 0.00000107. The minimum atomic E-state index is 0.633. The quantitative estimate of drug-likeness (QED) is 0.0461. The first kappa shape index (κ1) is 60.4. The summed E-state index contributed by atoms with van der Waals surface area (Å²) >= 11 is 0. The first-order valence-corrected chi connectivity index (χ1v) is 26.1. The Hall–Kier alpha value is -9.11. The van der Waals surface area contributed by atoms with Crippen LogP contribution in [0.3, 0.4) is 0 Å². The summed E-state index contributed by atoms with van der Waals surface area (Å²) in [5.41, 5.74) is 16.2. The number of rotatable bonds is 19. The van der Waals surface area contributed by atoms with Gasteiger partial charge in [0.1, 0.15) is 17.3 Å². The van der Waals surface area contributed by atoms with Crippen LogP contribution in [0.25, 0.3) is 80.5 Å². The van der Waals surface area contributed by atoms with Gasteiger partial charge in [-0.3, -0.25) is 4.40 Å². The molecule has 0 fully saturated rings. The van der Waals surface area contributed by atoms with E-state index in [1.54, 1.807) is 0 Å². The van der Waals surface area contributed by atoms with Crippen LogP contribution in [0, 0.1) is 26.7 Å². The van der Waals surface area contributed by atoms with Gasteiger partial charge in [-0.05, 0) is 135 Å². The van der Waals surface area contributed by atoms with Crippen molar-refractivity contribution in [2.45, 2.75) is 74.8 Å². The molecule has 77 heavy (non-hydrogen) atoms. The SMILES string of the molecule is C#C.C/C=C\C=C/CC.C=C.C=Cc1c(C=C)c(-c2cccc(Cn3c(-c4ccccc4C)nc(C(=C)/C=C\C=C/C)c3C)c2)c2ccccc2c1C/C=C\C(=C/C)c1nc(/C=C\C)c(C=C)c2ncc(/C=C\C=C/C)n12. The molecule has 0 aliphatic rings. The van der Waals surface area contributed by atoms with Gasteiger partial charge < -0.3 is 4.57 Å². The van der Waals surface area contributed by atoms with E-state index in [9.17, 15) is 0 Å². The minimum absolute atomic E-state index is 0.633. The average Bonchev–Trinajstić information content (AvgIpc) is 4.05. The van der Waals surface area contributed by atoms with Crippen LogP contribution in [-0.4, -0.2) is 23.9 Å². The number of imidazole rings is 2. The van der Waals surface area contributed by atoms with Crippen LogP contribution in [0.15, 0.2) is 210 Å². The number of nitrogens with zero attached hydrogens (tertiary/aromatic N) is 5. The molecule has 390 valence electrons. The van der Waals surface area contributed by atoms with Crippen LogP contribution in [0.2, 0.25) is 0 Å². The second kappa shape index (κ2) is 31.6. The maximum Gasteiger partial charge on any atom is 0.148 e. The van der Waals surface area contributed by atoms with Gasteiger partial charge >= 0.3 is 0 Å². The van der Waals surface area contributed by atoms with E-state index in [0.29, 0.717) is 13.0 Å². The molecule has 0 bridgehead atoms. The van der Waals surface area contributed by atoms with E-state index in [1.165, 1.54) is 16.5 Å². The summed E-state index contributed by atoms with van der Waals surface area (Å²) in [4.78, 5) is 15.3. The molecule has 7 rings (SSSR count). The number of hydrogen-bond donors (Lipinski definition) is 0. The third-order valence-corrected chi connectivity index (χ3v) is 12.6. The number of terminal acetylenes is 1. The summed E-state index contributed by atoms with van der Waals surface area (Å²) < 4.78 is 4.44. The number of benzene rings is 4. The smallest absolute Gasteiger partial charge is 0.148 e. The Kier molecular flexibility index (Phi) is 24.8. The molecule has 0 aliphatic carbocycles. The highest BCUT2D eigenvalue weighted by Crippen LogP contribution is 2.40. The highest BCUT2D eigenvalue weighted by atomic mass is 15.1. The molecule has 4 aromatic carbocycles. The normalized spacial score (nSPS) is 11.8. The van der Waals surface area contributed by atoms with Crippen molar-refractivity contribution in [1.29, 1.82) is 0 Å². The molecule has 7 aromatic rings. The van der Waals surface area contributed by atoms with Crippen LogP contribution in [0.5, 0.6) is 0 Å². The number of allylic oxidation sites excluding steroid dienone is 17. The van der Waals surface area contributed by atoms with Crippen LogP contribution in [0.4, 0.5) is 0 Å². The third-order valence-electron chi connectivity index (χ3n) is 12.6. The fourth-order valence-electron chi connectivity index (χ4n) is 9.06. The van der Waals surface area contributed by atoms with E-state index in [2.05, 4.69) is 198 Å². The van der Waals surface area contributed by atoms with Crippen molar-refractivity contribution in [2.24, 2.45) is 0 Å². The van der Waals surface area contributed by atoms with E-state index in [4.69, 9.17) is 15.0 Å². The summed E-state index contributed by atoms with van der Waals surface area (Å²) in [5.74, 6) is 1.73. The van der Waals surface area contributed by atoms with Gasteiger partial charge in [0, 0.05) is 28.9 Å². The first-order valence-electron chi connectivity index (χ1n) is 26.1. The lowest BCUT2D eigenvalue weighted by atomic mass is 9.84. The van der Waals surface area contributed by atoms with Crippen LogP contribution in [0.1, 0.15) is 110 Å². The molecule has 5 heteroatoms. The van der Waals surface area contributed by atoms with Gasteiger partial charge in [-0.1, -0.05) is 209 Å². The second-order valence-electron chi connectivity index (χ2n) is 17.4. The molecule has 0 spiro atoms. The number of fused-ring (bicyclic) bond motifs is 2. The summed E-state index contributed by atoms with van der Waals surface area (Å²) in [6.07, 6.45) is 52.4. The Labute approximate surface area is 461 Å². The first-order chi connectivity index (χ1) is 37.6. The summed E-state index contributed by atoms with van der Waals surface area (Å²) in [5, 5.41) is 2.33. The highest BCUT2D eigenvalue weighted by molar-refractivity contribution is 6.05. The van der Waals surface area contributed by atoms with E-state index in [0.717, 1.165) is 102 Å². The van der Waals surface area contributed by atoms with Gasteiger partial charge in [0.25, 0.3) is 0 Å². The van der Waals surface area contributed by atoms with E-state index >= 15 is 0 Å². The predicted octanol–water partition coefficient (Wildman–Crippen LogP) is 19.6. The largest absolute Gasteiger partial charge is 0.323 e. The number of aryl methyl sites for hydroxylation is 1. The molecule has 0 radical (unpaired) electrons. The Bertz CT molecular complexity index is 3480. The monoisotopic (exact) mass is 1010 g/mol. The lowest BCUT2D eigenvalue weighted by Crippen LogP contribution is -2.06. The summed E-state index contributed by atoms with van der Waals surface area (Å²) in [6, 6.07) is 26.0. The van der Waals surface area contributed by atoms with Gasteiger partial charge in [-0.2, -0.15) is 0 Å². The van der Waals surface area contributed by atoms with E-state index in [-0.39, 0.29) is 0 Å². The molecular formula is C72H77N5. The fraction of sp³-hybridized carbons (Fsp3) is 0.153. The maximum absolute atomic E-state index is 5.24. The van der Waals surface area contributed by atoms with Crippen molar-refractivity contribution < 1.29 is 0 Å². The van der Waals surface area contributed by atoms with Gasteiger partial charge in [0.15, 0.2) is 0 Å². The molecule has 0 N–H and O–H groups in total. The topological polar surface area (TPSA) is 48.0 Å². The van der Waals surface area contributed by atoms with Crippen molar-refractivity contribution >= 4 is 57.9 Å². The molecule has 3 aromatic heterocycles. The van der Waals surface area contributed by atoms with Crippen LogP contribution in [-0.2, 0) is 13.0 Å². The molecule has 0 saturated heterocycles. The van der Waals surface area contributed by atoms with Gasteiger partial charge in [-0.25, -0.2) is 15.0 Å². The van der Waals surface area contributed by atoms with Crippen molar-refractivity contribution in [3.8, 4) is 35.4 Å². The lowest BCUT2D eigenvalue weighted by molar-refractivity contribution is 0.778. The van der Waals surface area contributed by atoms with Crippen molar-refractivity contribution in [2.75, 3.05) is 0 Å². The van der Waals surface area contributed by atoms with Gasteiger partial charge in [-0.15, -0.1) is 26.0 Å². The molecule has 0 unspecified atom stereocenters. The second-order valence-corrected chi connectivity index (χ2v) is 17.4. The highest BCUT2D eigenvalue weighted by Gasteiger charge is 2.21. The van der Waals surface area contributed by atoms with Crippen LogP contribution < -0.4 is 0 Å². The maximum atomic E-state index is 5.24. The number of hydrogen-bond acceptors (Lipinski definition) is 3. The van der Waals surface area contributed by atoms with E-state index in [1.807, 2.05) is 119 Å². The van der Waals surface area contributed by atoms with Gasteiger partial charge in [0.2, 0.25) is 0 Å². The Morgan fingerprint density at radius 3 is 1.99 bits per heavy atom. The fourth-order valence-corrected chi connectivity index (χ4v) is 9.06. The zero-order valence-electron chi connectivity index (χ0n) is 46.8. The average molecular weight is 1010 g/mol. The molecule has 3 heterocycles. The Morgan fingerprint density at radius 2 is 1.34 bits per heavy atom. The molecule has 0 amide bonds. The standard InChI is InChI=1S/C61H59N5.C7H12.C2H4.C2H2/c1-11-18-20-30-43(9)58-44(10)65(61(64-58)52-35-23-22-29-42(52)8)41-45-31-26-33-47(39-45)57-50(16-6)49(15-5)53(54-36-24-25-37-55(54)57)38-27-32-46(14-4)59-63-56(28-13-3)51(17-7)60-62-40-48(66(59)60)34-21-19-12-2;1-3-5-7-6-4-2;2*1-2/h11-37,39-40H,5-7,9,38,41H2,1-4,8,10H3;3,5-7H,4H2,1-2H3;1-2H2;1-2H/b18-11-,19-12-,28-13-,30-20-,32-27-,34-21-,46-14+;5-3-,7-6-;;. The van der Waals surface area contributed by atoms with Crippen molar-refractivity contribution in [3.05, 3.63) is 272 Å². The van der Waals surface area contributed by atoms with Crippen LogP contribution >= 0.6 is 0 Å². The van der Waals surface area contributed by atoms with Gasteiger partial charge in [0.05, 0.1) is 23.3 Å². The van der Waals surface area contributed by atoms with E-state index < -0.39 is 0 Å². The minimum Gasteiger partial charge on any atom is -0.323 e. The zero-order valence-corrected chi connectivity index (χ0v) is 46.8. The van der Waals surface area contributed by atoms with Crippen molar-refractivity contribution in [1.82, 2.24) is 23.9 Å². The molecule has 0 aliphatic heterocycles. The molecule has 0 atom stereocenters. The predicted molar refractivity (Wildman–Crippen MR) is 342 cm³/mol. The zero-order chi connectivity index (χ0) is 56.3. The molecule has 0 saturated carbocycles. The molecule has 5 nitrogen and oxygen atoms in total. The number of aromatic nitrogens is 5. The Morgan fingerprint density at radius 1 is 0.675 bits per heavy atom. The van der Waals surface area contributed by atoms with Crippen molar-refractivity contribution in [3.63, 3.8) is 0 Å². The summed E-state index contributed by atoms with van der Waals surface area (Å²) in [6.45, 7) is 40.4.